The second-order valence-corrected chi connectivity index (χ2v) is 8.54. The Bertz CT molecular complexity index is 1090. The minimum absolute atomic E-state index is 0.158. The van der Waals surface area contributed by atoms with Gasteiger partial charge in [0.2, 0.25) is 5.91 Å². The van der Waals surface area contributed by atoms with E-state index in [1.54, 1.807) is 0 Å². The van der Waals surface area contributed by atoms with Crippen molar-refractivity contribution in [2.45, 2.75) is 40.0 Å². The van der Waals surface area contributed by atoms with E-state index in [-0.39, 0.29) is 5.91 Å². The summed E-state index contributed by atoms with van der Waals surface area (Å²) in [6.45, 7) is 6.59. The van der Waals surface area contributed by atoms with Crippen LogP contribution in [-0.2, 0) is 16.0 Å². The number of anilines is 1. The molecule has 3 aromatic rings. The number of benzene rings is 2. The molecule has 6 heteroatoms. The predicted octanol–water partition coefficient (Wildman–Crippen LogP) is 6.18. The minimum atomic E-state index is -0.464. The third-order valence-electron chi connectivity index (χ3n) is 5.24. The molecule has 3 rings (SSSR count). The van der Waals surface area contributed by atoms with Crippen molar-refractivity contribution in [3.05, 3.63) is 70.1 Å². The van der Waals surface area contributed by atoms with Crippen molar-refractivity contribution in [1.82, 2.24) is 0 Å². The molecule has 0 fully saturated rings. The lowest BCUT2D eigenvalue weighted by Crippen LogP contribution is -2.15. The van der Waals surface area contributed by atoms with Gasteiger partial charge in [0.25, 0.3) is 0 Å². The quantitative estimate of drug-likeness (QED) is 0.312. The molecule has 2 aromatic carbocycles. The van der Waals surface area contributed by atoms with Crippen molar-refractivity contribution >= 4 is 28.2 Å². The number of carbonyl (C=O) groups is 2. The molecule has 1 heterocycles. The lowest BCUT2D eigenvalue weighted by atomic mass is 10.0. The fourth-order valence-electron chi connectivity index (χ4n) is 3.45. The molecular formula is C26H29NO4S. The first-order valence-corrected chi connectivity index (χ1v) is 11.6. The first-order valence-electron chi connectivity index (χ1n) is 10.7. The van der Waals surface area contributed by atoms with Crippen LogP contribution in [0.5, 0.6) is 5.75 Å². The smallest absolute Gasteiger partial charge is 0.341 e. The van der Waals surface area contributed by atoms with Crippen molar-refractivity contribution in [3.8, 4) is 16.9 Å². The third kappa shape index (κ3) is 5.77. The second-order valence-electron chi connectivity index (χ2n) is 7.66. The Morgan fingerprint density at radius 3 is 2.47 bits per heavy atom. The van der Waals surface area contributed by atoms with Crippen LogP contribution in [0.3, 0.4) is 0 Å². The van der Waals surface area contributed by atoms with Gasteiger partial charge in [-0.1, -0.05) is 48.9 Å². The highest BCUT2D eigenvalue weighted by atomic mass is 32.1. The van der Waals surface area contributed by atoms with E-state index in [1.165, 1.54) is 29.6 Å². The van der Waals surface area contributed by atoms with E-state index in [0.29, 0.717) is 30.0 Å². The molecule has 0 saturated carbocycles. The molecule has 0 spiro atoms. The summed E-state index contributed by atoms with van der Waals surface area (Å²) in [5, 5.41) is 5.27. The number of hydrogen-bond acceptors (Lipinski definition) is 5. The van der Waals surface area contributed by atoms with Gasteiger partial charge in [-0.3, -0.25) is 4.79 Å². The van der Waals surface area contributed by atoms with Crippen LogP contribution in [0, 0.1) is 13.8 Å². The van der Waals surface area contributed by atoms with Gasteiger partial charge in [0, 0.05) is 17.4 Å². The Morgan fingerprint density at radius 2 is 1.81 bits per heavy atom. The molecule has 32 heavy (non-hydrogen) atoms. The number of hydrogen-bond donors (Lipinski definition) is 1. The van der Waals surface area contributed by atoms with Crippen LogP contribution in [0.1, 0.15) is 46.8 Å². The zero-order valence-corrected chi connectivity index (χ0v) is 19.8. The fourth-order valence-corrected chi connectivity index (χ4v) is 4.43. The second kappa shape index (κ2) is 11.0. The first-order chi connectivity index (χ1) is 15.4. The van der Waals surface area contributed by atoms with E-state index in [2.05, 4.69) is 18.3 Å². The topological polar surface area (TPSA) is 64.6 Å². The van der Waals surface area contributed by atoms with Crippen LogP contribution in [0.25, 0.3) is 11.1 Å². The normalized spacial score (nSPS) is 10.6. The van der Waals surface area contributed by atoms with E-state index in [9.17, 15) is 9.59 Å². The Hall–Kier alpha value is -3.12. The van der Waals surface area contributed by atoms with Gasteiger partial charge in [0.15, 0.2) is 0 Å². The molecule has 0 radical (unpaired) electrons. The highest BCUT2D eigenvalue weighted by Crippen LogP contribution is 2.36. The number of esters is 1. The van der Waals surface area contributed by atoms with E-state index >= 15 is 0 Å². The summed E-state index contributed by atoms with van der Waals surface area (Å²) in [5.74, 6) is 0.212. The molecule has 0 aliphatic heterocycles. The molecule has 0 aliphatic rings. The number of nitrogens with one attached hydrogen (secondary N) is 1. The predicted molar refractivity (Wildman–Crippen MR) is 130 cm³/mol. The monoisotopic (exact) mass is 451 g/mol. The summed E-state index contributed by atoms with van der Waals surface area (Å²) in [7, 11) is 1.35. The molecule has 168 valence electrons. The largest absolute Gasteiger partial charge is 0.493 e. The van der Waals surface area contributed by atoms with Crippen LogP contribution in [0.4, 0.5) is 5.00 Å². The number of carbonyl (C=O) groups excluding carboxylic acids is 2. The van der Waals surface area contributed by atoms with Crippen molar-refractivity contribution in [2.24, 2.45) is 0 Å². The summed E-state index contributed by atoms with van der Waals surface area (Å²) in [5.41, 5.74) is 5.56. The van der Waals surface area contributed by atoms with Gasteiger partial charge in [-0.25, -0.2) is 4.79 Å². The third-order valence-corrected chi connectivity index (χ3v) is 6.14. The van der Waals surface area contributed by atoms with Crippen LogP contribution < -0.4 is 10.1 Å². The molecule has 0 aliphatic carbocycles. The molecule has 1 amide bonds. The van der Waals surface area contributed by atoms with Gasteiger partial charge in [-0.05, 0) is 49.4 Å². The van der Waals surface area contributed by atoms with Gasteiger partial charge in [0.1, 0.15) is 16.3 Å². The highest BCUT2D eigenvalue weighted by molar-refractivity contribution is 7.15. The summed E-state index contributed by atoms with van der Waals surface area (Å²) in [4.78, 5) is 25.0. The maximum Gasteiger partial charge on any atom is 0.341 e. The standard InChI is InChI=1S/C26H29NO4S/c1-5-19-9-11-20(12-10-19)21-16-32-25(24(21)26(29)30-4)27-23(28)7-6-14-31-22-13-8-17(2)15-18(22)3/h8-13,15-16H,5-7,14H2,1-4H3,(H,27,28). The summed E-state index contributed by atoms with van der Waals surface area (Å²) >= 11 is 1.33. The van der Waals surface area contributed by atoms with Crippen LogP contribution in [-0.4, -0.2) is 25.6 Å². The van der Waals surface area contributed by atoms with Crippen LogP contribution in [0.15, 0.2) is 47.8 Å². The zero-order valence-electron chi connectivity index (χ0n) is 19.0. The maximum absolute atomic E-state index is 12.5. The minimum Gasteiger partial charge on any atom is -0.493 e. The molecule has 1 aromatic heterocycles. The van der Waals surface area contributed by atoms with Crippen LogP contribution in [0.2, 0.25) is 0 Å². The number of thiophene rings is 1. The van der Waals surface area contributed by atoms with Gasteiger partial charge in [-0.2, -0.15) is 0 Å². The zero-order chi connectivity index (χ0) is 23.1. The molecule has 0 saturated heterocycles. The van der Waals surface area contributed by atoms with Gasteiger partial charge in [0.05, 0.1) is 13.7 Å². The Kier molecular flexibility index (Phi) is 8.06. The summed E-state index contributed by atoms with van der Waals surface area (Å²) in [6.07, 6.45) is 1.82. The summed E-state index contributed by atoms with van der Waals surface area (Å²) in [6, 6.07) is 14.1. The first kappa shape index (κ1) is 23.5. The maximum atomic E-state index is 12.5. The SMILES string of the molecule is CCc1ccc(-c2csc(NC(=O)CCCOc3ccc(C)cc3C)c2C(=O)OC)cc1. The fraction of sp³-hybridized carbons (Fsp3) is 0.308. The number of amides is 1. The van der Waals surface area contributed by atoms with E-state index in [0.717, 1.165) is 28.9 Å². The lowest BCUT2D eigenvalue weighted by Gasteiger charge is -2.10. The average Bonchev–Trinajstić information content (AvgIpc) is 3.20. The summed E-state index contributed by atoms with van der Waals surface area (Å²) < 4.78 is 10.8. The lowest BCUT2D eigenvalue weighted by molar-refractivity contribution is -0.116. The molecule has 5 nitrogen and oxygen atoms in total. The van der Waals surface area contributed by atoms with Gasteiger partial charge in [-0.15, -0.1) is 11.3 Å². The number of aryl methyl sites for hydroxylation is 3. The van der Waals surface area contributed by atoms with Crippen molar-refractivity contribution in [1.29, 1.82) is 0 Å². The highest BCUT2D eigenvalue weighted by Gasteiger charge is 2.22. The Morgan fingerprint density at radius 1 is 1.06 bits per heavy atom. The van der Waals surface area contributed by atoms with Crippen LogP contribution >= 0.6 is 11.3 Å². The van der Waals surface area contributed by atoms with E-state index in [4.69, 9.17) is 9.47 Å². The molecule has 0 bridgehead atoms. The van der Waals surface area contributed by atoms with Crippen molar-refractivity contribution < 1.29 is 19.1 Å². The van der Waals surface area contributed by atoms with Crippen molar-refractivity contribution in [3.63, 3.8) is 0 Å². The van der Waals surface area contributed by atoms with Crippen molar-refractivity contribution in [2.75, 3.05) is 19.0 Å². The molecular weight excluding hydrogens is 422 g/mol. The molecule has 0 unspecified atom stereocenters. The van der Waals surface area contributed by atoms with E-state index in [1.807, 2.05) is 55.6 Å². The Balaban J connectivity index is 1.63. The average molecular weight is 452 g/mol. The molecule has 1 N–H and O–H groups in total. The van der Waals surface area contributed by atoms with Gasteiger partial charge >= 0.3 is 5.97 Å². The Labute approximate surface area is 193 Å². The van der Waals surface area contributed by atoms with E-state index < -0.39 is 5.97 Å². The number of ether oxygens (including phenoxy) is 2. The van der Waals surface area contributed by atoms with Gasteiger partial charge < -0.3 is 14.8 Å². The molecule has 0 atom stereocenters. The number of rotatable bonds is 9. The number of methoxy groups -OCH3 is 1.